The van der Waals surface area contributed by atoms with E-state index in [4.69, 9.17) is 5.11 Å². The van der Waals surface area contributed by atoms with E-state index < -0.39 is 17.8 Å². The lowest BCUT2D eigenvalue weighted by atomic mass is 10.2. The largest absolute Gasteiger partial charge is 0.481 e. The summed E-state index contributed by atoms with van der Waals surface area (Å²) in [6.07, 6.45) is 0. The molecule has 1 amide bonds. The number of rotatable bonds is 4. The molecule has 0 fully saturated rings. The number of nitrogens with one attached hydrogen (secondary N) is 1. The maximum absolute atomic E-state index is 11.7. The van der Waals surface area contributed by atoms with Gasteiger partial charge >= 0.3 is 5.97 Å². The number of aliphatic carboxylic acids is 1. The lowest BCUT2D eigenvalue weighted by molar-refractivity contribution is -0.141. The lowest BCUT2D eigenvalue weighted by Crippen LogP contribution is -2.34. The van der Waals surface area contributed by atoms with Gasteiger partial charge in [0.1, 0.15) is 5.82 Å². The second kappa shape index (κ2) is 4.73. The average Bonchev–Trinajstić information content (AvgIpc) is 2.63. The minimum absolute atomic E-state index is 0.0533. The van der Waals surface area contributed by atoms with E-state index in [1.165, 1.54) is 18.9 Å². The molecule has 7 nitrogen and oxygen atoms in total. The smallest absolute Gasteiger partial charge is 0.308 e. The van der Waals surface area contributed by atoms with Gasteiger partial charge in [-0.1, -0.05) is 6.92 Å². The van der Waals surface area contributed by atoms with E-state index in [-0.39, 0.29) is 12.4 Å². The highest BCUT2D eigenvalue weighted by Crippen LogP contribution is 2.02. The van der Waals surface area contributed by atoms with Crippen LogP contribution in [0, 0.1) is 12.8 Å². The number of carboxylic acid groups (broad SMARTS) is 1. The summed E-state index contributed by atoms with van der Waals surface area (Å²) in [4.78, 5) is 27.5. The number of H-pyrrole nitrogens is 1. The van der Waals surface area contributed by atoms with Gasteiger partial charge in [-0.3, -0.25) is 14.7 Å². The van der Waals surface area contributed by atoms with Gasteiger partial charge in [0, 0.05) is 13.6 Å². The predicted molar refractivity (Wildman–Crippen MR) is 54.9 cm³/mol. The quantitative estimate of drug-likeness (QED) is 0.747. The number of aryl methyl sites for hydroxylation is 1. The summed E-state index contributed by atoms with van der Waals surface area (Å²) in [5.74, 6) is -1.35. The van der Waals surface area contributed by atoms with E-state index >= 15 is 0 Å². The van der Waals surface area contributed by atoms with Crippen molar-refractivity contribution in [2.45, 2.75) is 13.8 Å². The molecule has 88 valence electrons. The molecule has 1 unspecified atom stereocenters. The molecule has 16 heavy (non-hydrogen) atoms. The van der Waals surface area contributed by atoms with Crippen LogP contribution in [0.3, 0.4) is 0 Å². The predicted octanol–water partition coefficient (Wildman–Crippen LogP) is -0.0942. The Morgan fingerprint density at radius 1 is 1.56 bits per heavy atom. The molecule has 2 N–H and O–H groups in total. The monoisotopic (exact) mass is 226 g/mol. The molecule has 1 rings (SSSR count). The Labute approximate surface area is 92.5 Å². The Morgan fingerprint density at radius 2 is 2.19 bits per heavy atom. The first-order chi connectivity index (χ1) is 7.41. The Hall–Kier alpha value is -1.92. The number of aromatic amines is 1. The molecular formula is C9H14N4O3. The van der Waals surface area contributed by atoms with Crippen molar-refractivity contribution in [1.29, 1.82) is 0 Å². The van der Waals surface area contributed by atoms with Crippen LogP contribution in [0.25, 0.3) is 0 Å². The molecule has 1 atom stereocenters. The summed E-state index contributed by atoms with van der Waals surface area (Å²) in [6.45, 7) is 3.35. The number of hydrogen-bond donors (Lipinski definition) is 2. The van der Waals surface area contributed by atoms with Gasteiger partial charge in [0.05, 0.1) is 5.92 Å². The van der Waals surface area contributed by atoms with Crippen LogP contribution < -0.4 is 0 Å². The number of amides is 1. The van der Waals surface area contributed by atoms with Gasteiger partial charge < -0.3 is 10.0 Å². The molecule has 0 aliphatic heterocycles. The highest BCUT2D eigenvalue weighted by Gasteiger charge is 2.20. The maximum atomic E-state index is 11.7. The van der Waals surface area contributed by atoms with Gasteiger partial charge in [-0.15, -0.1) is 5.10 Å². The van der Waals surface area contributed by atoms with E-state index in [2.05, 4.69) is 15.2 Å². The molecule has 0 saturated heterocycles. The Morgan fingerprint density at radius 3 is 2.62 bits per heavy atom. The molecule has 0 aliphatic carbocycles. The number of carbonyl (C=O) groups is 2. The van der Waals surface area contributed by atoms with Gasteiger partial charge in [-0.25, -0.2) is 4.98 Å². The number of carbonyl (C=O) groups excluding carboxylic acids is 1. The van der Waals surface area contributed by atoms with Crippen molar-refractivity contribution in [2.75, 3.05) is 13.6 Å². The van der Waals surface area contributed by atoms with Crippen molar-refractivity contribution in [3.63, 3.8) is 0 Å². The standard InChI is InChI=1S/C9H14N4O3/c1-5(9(15)16)4-13(3)8(14)7-10-6(2)11-12-7/h5H,4H2,1-3H3,(H,15,16)(H,10,11,12). The Kier molecular flexibility index (Phi) is 3.60. The third-order valence-electron chi connectivity index (χ3n) is 2.10. The average molecular weight is 226 g/mol. The molecule has 0 bridgehead atoms. The molecule has 0 aromatic carbocycles. The Bertz CT molecular complexity index is 401. The Balaban J connectivity index is 2.64. The normalized spacial score (nSPS) is 12.2. The van der Waals surface area contributed by atoms with Crippen LogP contribution in [-0.4, -0.2) is 50.7 Å². The SMILES string of the molecule is Cc1nc(C(=O)N(C)CC(C)C(=O)O)n[nH]1. The van der Waals surface area contributed by atoms with Gasteiger partial charge in [0.25, 0.3) is 5.91 Å². The van der Waals surface area contributed by atoms with Crippen LogP contribution in [0.15, 0.2) is 0 Å². The zero-order valence-corrected chi connectivity index (χ0v) is 9.39. The zero-order valence-electron chi connectivity index (χ0n) is 9.39. The summed E-state index contributed by atoms with van der Waals surface area (Å²) in [5, 5.41) is 15.0. The lowest BCUT2D eigenvalue weighted by Gasteiger charge is -2.17. The highest BCUT2D eigenvalue weighted by molar-refractivity contribution is 5.90. The van der Waals surface area contributed by atoms with Crippen molar-refractivity contribution in [2.24, 2.45) is 5.92 Å². The minimum Gasteiger partial charge on any atom is -0.481 e. The summed E-state index contributed by atoms with van der Waals surface area (Å²) in [7, 11) is 1.52. The van der Waals surface area contributed by atoms with Gasteiger partial charge in [-0.2, -0.15) is 0 Å². The first kappa shape index (κ1) is 12.2. The molecule has 0 saturated carbocycles. The summed E-state index contributed by atoms with van der Waals surface area (Å²) in [6, 6.07) is 0. The third-order valence-corrected chi connectivity index (χ3v) is 2.10. The molecule has 7 heteroatoms. The van der Waals surface area contributed by atoms with Crippen molar-refractivity contribution >= 4 is 11.9 Å². The molecule has 0 aliphatic rings. The number of carboxylic acids is 1. The molecule has 0 spiro atoms. The van der Waals surface area contributed by atoms with Gasteiger partial charge in [0.15, 0.2) is 0 Å². The van der Waals surface area contributed by atoms with Crippen LogP contribution in [0.1, 0.15) is 23.4 Å². The van der Waals surface area contributed by atoms with E-state index in [0.717, 1.165) is 0 Å². The highest BCUT2D eigenvalue weighted by atomic mass is 16.4. The number of hydrogen-bond acceptors (Lipinski definition) is 4. The maximum Gasteiger partial charge on any atom is 0.308 e. The topological polar surface area (TPSA) is 99.2 Å². The van der Waals surface area contributed by atoms with E-state index in [1.807, 2.05) is 0 Å². The second-order valence-corrected chi connectivity index (χ2v) is 3.67. The van der Waals surface area contributed by atoms with Crippen molar-refractivity contribution in [3.05, 3.63) is 11.6 Å². The summed E-state index contributed by atoms with van der Waals surface area (Å²) >= 11 is 0. The van der Waals surface area contributed by atoms with Gasteiger partial charge in [-0.05, 0) is 6.92 Å². The van der Waals surface area contributed by atoms with Crippen LogP contribution in [-0.2, 0) is 4.79 Å². The van der Waals surface area contributed by atoms with E-state index in [9.17, 15) is 9.59 Å². The van der Waals surface area contributed by atoms with E-state index in [0.29, 0.717) is 5.82 Å². The van der Waals surface area contributed by atoms with E-state index in [1.54, 1.807) is 6.92 Å². The first-order valence-corrected chi connectivity index (χ1v) is 4.79. The molecule has 1 aromatic rings. The van der Waals surface area contributed by atoms with Crippen molar-refractivity contribution in [3.8, 4) is 0 Å². The van der Waals surface area contributed by atoms with Crippen LogP contribution in [0.4, 0.5) is 0 Å². The van der Waals surface area contributed by atoms with Crippen molar-refractivity contribution < 1.29 is 14.7 Å². The molecule has 1 aromatic heterocycles. The minimum atomic E-state index is -0.939. The fourth-order valence-corrected chi connectivity index (χ4v) is 1.18. The fourth-order valence-electron chi connectivity index (χ4n) is 1.18. The fraction of sp³-hybridized carbons (Fsp3) is 0.556. The van der Waals surface area contributed by atoms with Gasteiger partial charge in [0.2, 0.25) is 5.82 Å². The van der Waals surface area contributed by atoms with Crippen molar-refractivity contribution in [1.82, 2.24) is 20.1 Å². The molecule has 0 radical (unpaired) electrons. The molecule has 1 heterocycles. The summed E-state index contributed by atoms with van der Waals surface area (Å²) < 4.78 is 0. The second-order valence-electron chi connectivity index (χ2n) is 3.67. The zero-order chi connectivity index (χ0) is 12.3. The number of nitrogens with zero attached hydrogens (tertiary/aromatic N) is 3. The summed E-state index contributed by atoms with van der Waals surface area (Å²) in [5.41, 5.74) is 0. The number of aromatic nitrogens is 3. The van der Waals surface area contributed by atoms with Crippen LogP contribution in [0.2, 0.25) is 0 Å². The first-order valence-electron chi connectivity index (χ1n) is 4.79. The van der Waals surface area contributed by atoms with Crippen LogP contribution >= 0.6 is 0 Å². The molecular weight excluding hydrogens is 212 g/mol. The third kappa shape index (κ3) is 2.78. The van der Waals surface area contributed by atoms with Crippen LogP contribution in [0.5, 0.6) is 0 Å².